The average Bonchev–Trinajstić information content (AvgIpc) is 3.14. The van der Waals surface area contributed by atoms with E-state index < -0.39 is 0 Å². The maximum atomic E-state index is 10.3. The number of fused-ring (bicyclic) bond motifs is 2. The molecule has 2 aliphatic rings. The molecular formula is C27H31N7O. The van der Waals surface area contributed by atoms with Crippen molar-refractivity contribution in [2.24, 2.45) is 0 Å². The smallest absolute Gasteiger partial charge is 0.169 e. The van der Waals surface area contributed by atoms with Crippen LogP contribution in [0.15, 0.2) is 48.7 Å². The maximum Gasteiger partial charge on any atom is 0.169 e. The van der Waals surface area contributed by atoms with Crippen LogP contribution in [0, 0.1) is 11.8 Å². The molecule has 0 amide bonds. The summed E-state index contributed by atoms with van der Waals surface area (Å²) in [6.45, 7) is 2.44. The fourth-order valence-electron chi connectivity index (χ4n) is 5.12. The minimum absolute atomic E-state index is 0.181. The van der Waals surface area contributed by atoms with Crippen LogP contribution in [0.5, 0.6) is 5.75 Å². The van der Waals surface area contributed by atoms with Gasteiger partial charge in [-0.25, -0.2) is 4.98 Å². The van der Waals surface area contributed by atoms with Crippen molar-refractivity contribution in [3.8, 4) is 28.8 Å². The number of pyridine rings is 1. The van der Waals surface area contributed by atoms with E-state index in [1.807, 2.05) is 43.4 Å². The van der Waals surface area contributed by atoms with Crippen molar-refractivity contribution in [3.05, 3.63) is 54.4 Å². The van der Waals surface area contributed by atoms with Crippen LogP contribution in [0.2, 0.25) is 0 Å². The summed E-state index contributed by atoms with van der Waals surface area (Å²) < 4.78 is 0. The molecular weight excluding hydrogens is 438 g/mol. The Kier molecular flexibility index (Phi) is 6.43. The van der Waals surface area contributed by atoms with Crippen LogP contribution >= 0.6 is 0 Å². The summed E-state index contributed by atoms with van der Waals surface area (Å²) >= 11 is 0. The van der Waals surface area contributed by atoms with Gasteiger partial charge in [0.25, 0.3) is 0 Å². The molecule has 8 nitrogen and oxygen atoms in total. The second kappa shape index (κ2) is 9.80. The third kappa shape index (κ3) is 4.86. The van der Waals surface area contributed by atoms with Gasteiger partial charge in [-0.05, 0) is 69.6 Å². The van der Waals surface area contributed by atoms with Gasteiger partial charge in [-0.2, -0.15) is 0 Å². The molecule has 0 saturated carbocycles. The zero-order valence-corrected chi connectivity index (χ0v) is 20.2. The number of hydrogen-bond acceptors (Lipinski definition) is 8. The lowest BCUT2D eigenvalue weighted by Crippen LogP contribution is -2.39. The Labute approximate surface area is 206 Å². The number of nitrogen functional groups attached to an aromatic ring is 1. The number of anilines is 3. The van der Waals surface area contributed by atoms with E-state index in [1.54, 1.807) is 12.1 Å². The van der Waals surface area contributed by atoms with Gasteiger partial charge >= 0.3 is 0 Å². The van der Waals surface area contributed by atoms with Gasteiger partial charge in [-0.1, -0.05) is 18.1 Å². The van der Waals surface area contributed by atoms with Crippen LogP contribution in [-0.2, 0) is 0 Å². The number of aromatic hydroxyl groups is 1. The number of nitrogens with zero attached hydrogens (tertiary/aromatic N) is 6. The molecule has 0 aliphatic carbocycles. The first-order valence-electron chi connectivity index (χ1n) is 12.0. The molecule has 2 atom stereocenters. The standard InChI is InChI=1S/C27H31N7O/c1-32(2)14-5-6-19-16-21(11-13-29-19)34-20-9-10-22(34)18-33(15-12-20)25-17-24(30-31-27(25)28)23-7-3-4-8-26(23)35/h3-4,7-8,11,13,16-17,20,22,35H,9-10,12,14-15,18H2,1-2H3,(H2,28,31). The number of rotatable bonds is 4. The Morgan fingerprint density at radius 2 is 1.91 bits per heavy atom. The van der Waals surface area contributed by atoms with Crippen molar-refractivity contribution in [1.82, 2.24) is 20.1 Å². The largest absolute Gasteiger partial charge is 0.507 e. The Hall–Kier alpha value is -3.83. The summed E-state index contributed by atoms with van der Waals surface area (Å²) in [5.74, 6) is 6.97. The number of para-hydroxylation sites is 1. The van der Waals surface area contributed by atoms with E-state index in [0.717, 1.165) is 37.3 Å². The van der Waals surface area contributed by atoms with Gasteiger partial charge < -0.3 is 20.6 Å². The van der Waals surface area contributed by atoms with Crippen LogP contribution in [0.3, 0.4) is 0 Å². The second-order valence-corrected chi connectivity index (χ2v) is 9.48. The summed E-state index contributed by atoms with van der Waals surface area (Å²) in [5.41, 5.74) is 10.4. The lowest BCUT2D eigenvalue weighted by Gasteiger charge is -2.31. The Bertz CT molecular complexity index is 1270. The van der Waals surface area contributed by atoms with E-state index in [2.05, 4.69) is 49.0 Å². The Morgan fingerprint density at radius 3 is 2.74 bits per heavy atom. The fraction of sp³-hybridized carbons (Fsp3) is 0.370. The third-order valence-corrected chi connectivity index (χ3v) is 6.76. The molecule has 0 radical (unpaired) electrons. The molecule has 5 rings (SSSR count). The molecule has 2 aromatic heterocycles. The molecule has 3 N–H and O–H groups in total. The normalized spacial score (nSPS) is 19.4. The first-order chi connectivity index (χ1) is 17.0. The lowest BCUT2D eigenvalue weighted by molar-refractivity contribution is 0.464. The van der Waals surface area contributed by atoms with Crippen LogP contribution in [-0.4, -0.2) is 71.0 Å². The first-order valence-corrected chi connectivity index (χ1v) is 12.0. The topological polar surface area (TPSA) is 94.6 Å². The number of nitrogens with two attached hydrogens (primary N) is 1. The summed E-state index contributed by atoms with van der Waals surface area (Å²) in [6.07, 6.45) is 5.18. The third-order valence-electron chi connectivity index (χ3n) is 6.76. The van der Waals surface area contributed by atoms with E-state index in [-0.39, 0.29) is 5.75 Å². The van der Waals surface area contributed by atoms with E-state index >= 15 is 0 Å². The summed E-state index contributed by atoms with van der Waals surface area (Å²) in [4.78, 5) is 11.4. The number of phenols is 1. The van der Waals surface area contributed by atoms with Crippen molar-refractivity contribution in [2.45, 2.75) is 31.3 Å². The van der Waals surface area contributed by atoms with Crippen LogP contribution < -0.4 is 15.5 Å². The van der Waals surface area contributed by atoms with Crippen molar-refractivity contribution >= 4 is 17.2 Å². The van der Waals surface area contributed by atoms with E-state index in [9.17, 15) is 5.11 Å². The van der Waals surface area contributed by atoms with Crippen LogP contribution in [0.1, 0.15) is 25.0 Å². The minimum Gasteiger partial charge on any atom is -0.507 e. The number of phenolic OH excluding ortho intramolecular Hbond substituents is 1. The molecule has 2 fully saturated rings. The van der Waals surface area contributed by atoms with Crippen molar-refractivity contribution in [2.75, 3.05) is 49.3 Å². The fourth-order valence-corrected chi connectivity index (χ4v) is 5.12. The highest BCUT2D eigenvalue weighted by molar-refractivity contribution is 5.74. The molecule has 8 heteroatoms. The maximum absolute atomic E-state index is 10.3. The van der Waals surface area contributed by atoms with E-state index in [4.69, 9.17) is 5.73 Å². The minimum atomic E-state index is 0.181. The van der Waals surface area contributed by atoms with Gasteiger partial charge in [0.15, 0.2) is 5.82 Å². The predicted octanol–water partition coefficient (Wildman–Crippen LogP) is 2.99. The number of aromatic nitrogens is 3. The number of hydrogen-bond donors (Lipinski definition) is 2. The quantitative estimate of drug-likeness (QED) is 0.563. The van der Waals surface area contributed by atoms with Crippen molar-refractivity contribution < 1.29 is 5.11 Å². The molecule has 2 aliphatic heterocycles. The average molecular weight is 470 g/mol. The highest BCUT2D eigenvalue weighted by Gasteiger charge is 2.38. The van der Waals surface area contributed by atoms with Crippen LogP contribution in [0.4, 0.5) is 17.2 Å². The molecule has 4 heterocycles. The first kappa shape index (κ1) is 22.9. The lowest BCUT2D eigenvalue weighted by atomic mass is 10.1. The predicted molar refractivity (Wildman–Crippen MR) is 139 cm³/mol. The van der Waals surface area contributed by atoms with Gasteiger partial charge in [0.2, 0.25) is 0 Å². The zero-order valence-electron chi connectivity index (χ0n) is 20.2. The van der Waals surface area contributed by atoms with Crippen molar-refractivity contribution in [1.29, 1.82) is 0 Å². The number of benzene rings is 1. The van der Waals surface area contributed by atoms with Gasteiger partial charge in [0, 0.05) is 42.6 Å². The van der Waals surface area contributed by atoms with E-state index in [1.165, 1.54) is 12.1 Å². The zero-order chi connectivity index (χ0) is 24.4. The molecule has 35 heavy (non-hydrogen) atoms. The highest BCUT2D eigenvalue weighted by atomic mass is 16.3. The van der Waals surface area contributed by atoms with Gasteiger partial charge in [-0.15, -0.1) is 10.2 Å². The molecule has 2 bridgehead atoms. The van der Waals surface area contributed by atoms with Gasteiger partial charge in [0.1, 0.15) is 11.4 Å². The van der Waals surface area contributed by atoms with Crippen LogP contribution in [0.25, 0.3) is 11.3 Å². The molecule has 2 unspecified atom stereocenters. The second-order valence-electron chi connectivity index (χ2n) is 9.48. The van der Waals surface area contributed by atoms with Gasteiger partial charge in [0.05, 0.1) is 17.9 Å². The SMILES string of the molecule is CN(C)CC#Cc1cc(N2C3CCC2CN(c2cc(-c4ccccc4O)nnc2N)CC3)ccn1. The molecule has 1 aromatic carbocycles. The Morgan fingerprint density at radius 1 is 1.09 bits per heavy atom. The van der Waals surface area contributed by atoms with Crippen molar-refractivity contribution in [3.63, 3.8) is 0 Å². The summed E-state index contributed by atoms with van der Waals surface area (Å²) in [5, 5.41) is 18.8. The summed E-state index contributed by atoms with van der Waals surface area (Å²) in [6, 6.07) is 14.1. The molecule has 2 saturated heterocycles. The van der Waals surface area contributed by atoms with Gasteiger partial charge in [-0.3, -0.25) is 4.90 Å². The monoisotopic (exact) mass is 469 g/mol. The van der Waals surface area contributed by atoms with E-state index in [0.29, 0.717) is 35.7 Å². The summed E-state index contributed by atoms with van der Waals surface area (Å²) in [7, 11) is 4.02. The Balaban J connectivity index is 1.40. The highest BCUT2D eigenvalue weighted by Crippen LogP contribution is 2.38. The molecule has 3 aromatic rings. The molecule has 180 valence electrons. The molecule has 0 spiro atoms.